The van der Waals surface area contributed by atoms with E-state index in [0.29, 0.717) is 0 Å². The molecule has 0 N–H and O–H groups in total. The molecule has 10 aromatic rings. The molecule has 2 saturated carbocycles. The van der Waals surface area contributed by atoms with Gasteiger partial charge in [-0.1, -0.05) is 686 Å². The lowest BCUT2D eigenvalue weighted by Gasteiger charge is -2.28. The Morgan fingerprint density at radius 1 is 0.158 bits per heavy atom. The lowest BCUT2D eigenvalue weighted by atomic mass is 9.78. The van der Waals surface area contributed by atoms with Crippen LogP contribution >= 0.6 is 0 Å². The molecule has 720 valence electrons. The molecular formula is C120H240. The Kier molecular flexibility index (Phi) is 300. The Balaban J connectivity index is -0.0000000385. The van der Waals surface area contributed by atoms with Crippen LogP contribution in [-0.4, -0.2) is 0 Å². The van der Waals surface area contributed by atoms with Crippen molar-refractivity contribution in [2.75, 3.05) is 0 Å². The van der Waals surface area contributed by atoms with E-state index < -0.39 is 0 Å². The topological polar surface area (TPSA) is 0 Å². The Morgan fingerprint density at radius 2 is 0.300 bits per heavy atom. The second-order valence-corrected chi connectivity index (χ2v) is 17.3. The van der Waals surface area contributed by atoms with Gasteiger partial charge in [0.25, 0.3) is 0 Å². The predicted octanol–water partition coefficient (Wildman–Crippen LogP) is 48.3. The predicted molar refractivity (Wildman–Crippen MR) is 605 cm³/mol. The highest BCUT2D eigenvalue weighted by Gasteiger charge is 2.20. The molecule has 0 heteroatoms. The van der Waals surface area contributed by atoms with E-state index in [1.807, 2.05) is 410 Å². The van der Waals surface area contributed by atoms with E-state index in [2.05, 4.69) is 182 Å². The van der Waals surface area contributed by atoms with Crippen LogP contribution in [0.15, 0.2) is 218 Å². The highest BCUT2D eigenvalue weighted by atomic mass is 14.3. The van der Waals surface area contributed by atoms with E-state index in [1.54, 1.807) is 32.1 Å². The normalized spacial score (nSPS) is 8.65. The van der Waals surface area contributed by atoms with Crippen LogP contribution in [0.2, 0.25) is 0 Å². The van der Waals surface area contributed by atoms with Crippen molar-refractivity contribution in [1.29, 1.82) is 0 Å². The van der Waals surface area contributed by atoms with Gasteiger partial charge in [0.2, 0.25) is 0 Å². The Hall–Kier alpha value is -6.24. The van der Waals surface area contributed by atoms with Gasteiger partial charge >= 0.3 is 0 Å². The fourth-order valence-corrected chi connectivity index (χ4v) is 9.84. The van der Waals surface area contributed by atoms with Gasteiger partial charge in [0.1, 0.15) is 0 Å². The largest absolute Gasteiger partial charge is 0.0776 e. The first kappa shape index (κ1) is 180. The van der Waals surface area contributed by atoms with Crippen LogP contribution < -0.4 is 0 Å². The summed E-state index contributed by atoms with van der Waals surface area (Å²) in [5.74, 6) is 2.24. The number of benzene rings is 10. The third-order valence-corrected chi connectivity index (χ3v) is 12.9. The molecule has 0 aliphatic heterocycles. The van der Waals surface area contributed by atoms with Crippen LogP contribution in [0.5, 0.6) is 0 Å². The van der Waals surface area contributed by atoms with Gasteiger partial charge in [-0.05, 0) is 89.7 Å². The summed E-state index contributed by atoms with van der Waals surface area (Å²) in [5, 5.41) is 13.5. The molecule has 0 aromatic heterocycles. The van der Waals surface area contributed by atoms with Crippen LogP contribution in [0, 0.1) is 11.8 Å². The maximum Gasteiger partial charge on any atom is -0.00258 e. The van der Waals surface area contributed by atoms with Crippen molar-refractivity contribution >= 4 is 53.9 Å². The summed E-state index contributed by atoms with van der Waals surface area (Å²) < 4.78 is 0. The molecule has 0 nitrogen and oxygen atoms in total. The molecule has 0 saturated heterocycles. The Bertz CT molecular complexity index is 2480. The summed E-state index contributed by atoms with van der Waals surface area (Å²) in [6, 6.07) is 76.2. The van der Waals surface area contributed by atoms with E-state index in [1.165, 1.54) is 104 Å². The minimum Gasteiger partial charge on any atom is -0.0776 e. The fourth-order valence-electron chi connectivity index (χ4n) is 9.84. The lowest BCUT2D eigenvalue weighted by molar-refractivity contribution is 0.244. The van der Waals surface area contributed by atoms with E-state index in [-0.39, 0.29) is 29.7 Å². The molecule has 12 rings (SSSR count). The maximum atomic E-state index is 2.25. The van der Waals surface area contributed by atoms with Crippen molar-refractivity contribution in [2.45, 2.75) is 481 Å². The van der Waals surface area contributed by atoms with Gasteiger partial charge in [-0.25, -0.2) is 0 Å². The standard InChI is InChI=1S/C20H12.C13H24.C13H12.C10H8.C6H6.27C2H6.4CH4/c1-5-13-6-2-11-17-18-12-4-8-14-7-3-10-16(20(14)18)15(9-1)19(13)17;2*1-3-7-12(8-4-1)11-13-9-5-2-6-10-13;1-2-6-10-8-4-3-7-9(10)5-1;1-2-4-6-5-3-1;27*1-2;;;;/h1-12H;12-13H,1-11H2;1-10H,11H2;1-8H;1-6H;27*1-2H3;4*1H4. The van der Waals surface area contributed by atoms with Gasteiger partial charge in [0.15, 0.2) is 0 Å². The summed E-state index contributed by atoms with van der Waals surface area (Å²) in [6.07, 6.45) is 18.0. The average molecular weight is 1680 g/mol. The number of rotatable bonds is 4. The highest BCUT2D eigenvalue weighted by Crippen LogP contribution is 2.40. The molecule has 0 amide bonds. The van der Waals surface area contributed by atoms with E-state index in [4.69, 9.17) is 0 Å². The molecule has 0 heterocycles. The summed E-state index contributed by atoms with van der Waals surface area (Å²) >= 11 is 0. The highest BCUT2D eigenvalue weighted by molar-refractivity contribution is 6.32. The van der Waals surface area contributed by atoms with Crippen molar-refractivity contribution in [2.24, 2.45) is 11.8 Å². The van der Waals surface area contributed by atoms with Crippen LogP contribution in [0.1, 0.15) is 485 Å². The Labute approximate surface area is 771 Å². The van der Waals surface area contributed by atoms with Crippen molar-refractivity contribution in [1.82, 2.24) is 0 Å². The van der Waals surface area contributed by atoms with E-state index in [9.17, 15) is 0 Å². The van der Waals surface area contributed by atoms with Crippen LogP contribution in [0.3, 0.4) is 0 Å². The third-order valence-electron chi connectivity index (χ3n) is 12.9. The maximum absolute atomic E-state index is 2.25. The lowest BCUT2D eigenvalue weighted by Crippen LogP contribution is -2.14. The minimum absolute atomic E-state index is 0. The summed E-state index contributed by atoms with van der Waals surface area (Å²) in [5.41, 5.74) is 2.74. The van der Waals surface area contributed by atoms with Crippen molar-refractivity contribution < 1.29 is 0 Å². The second-order valence-electron chi connectivity index (χ2n) is 17.3. The molecule has 2 aliphatic carbocycles. The minimum atomic E-state index is 0. The monoisotopic (exact) mass is 1680 g/mol. The molecule has 0 bridgehead atoms. The first-order valence-corrected chi connectivity index (χ1v) is 50.4. The molecule has 0 radical (unpaired) electrons. The molecular weight excluding hydrogens is 1440 g/mol. The molecule has 0 unspecified atom stereocenters. The molecule has 0 atom stereocenters. The van der Waals surface area contributed by atoms with Gasteiger partial charge in [0, 0.05) is 0 Å². The molecule has 0 spiro atoms. The Morgan fingerprint density at radius 3 is 0.467 bits per heavy atom. The number of hydrogen-bond donors (Lipinski definition) is 0. The molecule has 120 heavy (non-hydrogen) atoms. The SMILES string of the molecule is C.C.C.C.C1CCC(CC2CCCCC2)CC1.CC.CC.CC.CC.CC.CC.CC.CC.CC.CC.CC.CC.CC.CC.CC.CC.CC.CC.CC.CC.CC.CC.CC.CC.CC.CC.CC.c1cc2cccc3c4cccc5cccc(c(c1)c23)c54.c1ccc(Cc2ccccc2)cc1.c1ccc2ccccc2c1.c1ccccc1. The first-order valence-electron chi connectivity index (χ1n) is 50.4. The number of hydrogen-bond acceptors (Lipinski definition) is 0. The molecule has 10 aromatic carbocycles. The smallest absolute Gasteiger partial charge is 0.00258 e. The third kappa shape index (κ3) is 106. The van der Waals surface area contributed by atoms with Gasteiger partial charge in [-0.15, -0.1) is 0 Å². The van der Waals surface area contributed by atoms with Crippen molar-refractivity contribution in [3.8, 4) is 0 Å². The second kappa shape index (κ2) is 201. The quantitative estimate of drug-likeness (QED) is 0.122. The zero-order chi connectivity index (χ0) is 96.0. The number of fused-ring (bicyclic) bond motifs is 3. The zero-order valence-corrected chi connectivity index (χ0v) is 90.4. The van der Waals surface area contributed by atoms with E-state index >= 15 is 0 Å². The van der Waals surface area contributed by atoms with E-state index in [0.717, 1.165) is 18.3 Å². The zero-order valence-electron chi connectivity index (χ0n) is 90.4. The van der Waals surface area contributed by atoms with Gasteiger partial charge < -0.3 is 0 Å². The van der Waals surface area contributed by atoms with Crippen LogP contribution in [-0.2, 0) is 6.42 Å². The molecule has 2 aliphatic rings. The molecule has 2 fully saturated rings. The van der Waals surface area contributed by atoms with Crippen molar-refractivity contribution in [3.05, 3.63) is 230 Å². The fraction of sp³-hybridized carbons (Fsp3) is 0.600. The van der Waals surface area contributed by atoms with Gasteiger partial charge in [-0.2, -0.15) is 0 Å². The average Bonchev–Trinajstić information content (AvgIpc) is 0.727. The summed E-state index contributed by atoms with van der Waals surface area (Å²) in [4.78, 5) is 0. The summed E-state index contributed by atoms with van der Waals surface area (Å²) in [7, 11) is 0. The van der Waals surface area contributed by atoms with Crippen LogP contribution in [0.25, 0.3) is 53.9 Å². The van der Waals surface area contributed by atoms with Gasteiger partial charge in [-0.3, -0.25) is 0 Å². The van der Waals surface area contributed by atoms with Gasteiger partial charge in [0.05, 0.1) is 0 Å². The van der Waals surface area contributed by atoms with Crippen LogP contribution in [0.4, 0.5) is 0 Å². The summed E-state index contributed by atoms with van der Waals surface area (Å²) in [6.45, 7) is 108. The van der Waals surface area contributed by atoms with Crippen molar-refractivity contribution in [3.63, 3.8) is 0 Å². The first-order chi connectivity index (χ1) is 57.8.